The number of non-ortho nitro benzene ring substituents is 1. The van der Waals surface area contributed by atoms with Gasteiger partial charge in [-0.2, -0.15) is 5.10 Å². The van der Waals surface area contributed by atoms with Crippen molar-refractivity contribution in [2.75, 3.05) is 5.32 Å². The van der Waals surface area contributed by atoms with Gasteiger partial charge in [0.05, 0.1) is 22.6 Å². The smallest absolute Gasteiger partial charge is 0.275 e. The molecule has 10 heteroatoms. The van der Waals surface area contributed by atoms with Crippen LogP contribution in [0.3, 0.4) is 0 Å². The first-order valence-electron chi connectivity index (χ1n) is 8.97. The van der Waals surface area contributed by atoms with E-state index in [1.165, 1.54) is 25.1 Å². The average Bonchev–Trinajstić information content (AvgIpc) is 2.67. The Balaban J connectivity index is 1.93. The van der Waals surface area contributed by atoms with Gasteiger partial charge in [-0.3, -0.25) is 24.5 Å². The maximum Gasteiger partial charge on any atom is 0.275 e. The number of hydrogen-bond acceptors (Lipinski definition) is 6. The third-order valence-electron chi connectivity index (χ3n) is 3.99. The van der Waals surface area contributed by atoms with E-state index in [-0.39, 0.29) is 24.4 Å². The van der Waals surface area contributed by atoms with Crippen LogP contribution < -0.4 is 16.1 Å². The standard InChI is InChI=1S/C20H21N5O5/c1-12-4-9-17(25(29)30)11-18(12)22-19(27)10-13(2)23-24-20(28)15-5-7-16(8-6-15)21-14(3)26/h4,7-9,11H,5,10H2,1-3H3,(H,21,26)(H,22,27)(H,24,28). The molecule has 1 aromatic rings. The SMILES string of the molecule is CC(=O)NC1=CCC(C(=O)NN=C(C)CC(=O)Nc2cc([N+](=O)[O-])ccc2C)=C=C1. The highest BCUT2D eigenvalue weighted by Crippen LogP contribution is 2.22. The third kappa shape index (κ3) is 6.54. The highest BCUT2D eigenvalue weighted by molar-refractivity contribution is 6.06. The summed E-state index contributed by atoms with van der Waals surface area (Å²) in [5.41, 5.74) is 7.27. The molecule has 30 heavy (non-hydrogen) atoms. The largest absolute Gasteiger partial charge is 0.326 e. The average molecular weight is 411 g/mol. The Labute approximate surface area is 172 Å². The van der Waals surface area contributed by atoms with E-state index in [1.807, 2.05) is 0 Å². The highest BCUT2D eigenvalue weighted by atomic mass is 16.6. The van der Waals surface area contributed by atoms with Crippen molar-refractivity contribution < 1.29 is 19.3 Å². The number of carbonyl (C=O) groups is 3. The predicted octanol–water partition coefficient (Wildman–Crippen LogP) is 2.23. The van der Waals surface area contributed by atoms with E-state index in [0.717, 1.165) is 0 Å². The first-order chi connectivity index (χ1) is 14.2. The number of aryl methyl sites for hydroxylation is 1. The summed E-state index contributed by atoms with van der Waals surface area (Å²) < 4.78 is 0. The molecule has 0 unspecified atom stereocenters. The Kier molecular flexibility index (Phi) is 7.38. The maximum atomic E-state index is 12.2. The lowest BCUT2D eigenvalue weighted by Crippen LogP contribution is -2.24. The van der Waals surface area contributed by atoms with Gasteiger partial charge in [0.15, 0.2) is 0 Å². The molecule has 1 aromatic carbocycles. The zero-order valence-electron chi connectivity index (χ0n) is 16.7. The second kappa shape index (κ2) is 9.94. The van der Waals surface area contributed by atoms with Crippen molar-refractivity contribution in [2.45, 2.75) is 33.6 Å². The summed E-state index contributed by atoms with van der Waals surface area (Å²) >= 11 is 0. The van der Waals surface area contributed by atoms with Crippen molar-refractivity contribution >= 4 is 34.8 Å². The third-order valence-corrected chi connectivity index (χ3v) is 3.99. The van der Waals surface area contributed by atoms with Crippen LogP contribution in [0.15, 0.2) is 52.5 Å². The number of nitro groups is 1. The van der Waals surface area contributed by atoms with Crippen LogP contribution in [0.5, 0.6) is 0 Å². The van der Waals surface area contributed by atoms with Crippen LogP contribution in [0.2, 0.25) is 0 Å². The molecular weight excluding hydrogens is 390 g/mol. The number of amides is 3. The molecule has 156 valence electrons. The molecule has 0 aliphatic heterocycles. The number of nitrogens with zero attached hydrogens (tertiary/aromatic N) is 2. The Bertz CT molecular complexity index is 1030. The van der Waals surface area contributed by atoms with E-state index >= 15 is 0 Å². The second-order valence-electron chi connectivity index (χ2n) is 6.58. The first-order valence-corrected chi connectivity index (χ1v) is 8.97. The molecule has 0 radical (unpaired) electrons. The van der Waals surface area contributed by atoms with Crippen molar-refractivity contribution in [1.29, 1.82) is 0 Å². The molecule has 1 aliphatic rings. The van der Waals surface area contributed by atoms with E-state index < -0.39 is 16.7 Å². The maximum absolute atomic E-state index is 12.2. The number of nitrogens with one attached hydrogen (secondary N) is 3. The predicted molar refractivity (Wildman–Crippen MR) is 110 cm³/mol. The van der Waals surface area contributed by atoms with Gasteiger partial charge in [0.1, 0.15) is 0 Å². The van der Waals surface area contributed by atoms with Gasteiger partial charge >= 0.3 is 0 Å². The number of rotatable bonds is 7. The molecule has 0 aromatic heterocycles. The topological polar surface area (TPSA) is 143 Å². The Morgan fingerprint density at radius 1 is 1.23 bits per heavy atom. The van der Waals surface area contributed by atoms with Gasteiger partial charge in [-0.25, -0.2) is 5.43 Å². The zero-order chi connectivity index (χ0) is 22.3. The summed E-state index contributed by atoms with van der Waals surface area (Å²) in [5.74, 6) is -1.11. The minimum atomic E-state index is -0.542. The summed E-state index contributed by atoms with van der Waals surface area (Å²) in [6.45, 7) is 4.67. The van der Waals surface area contributed by atoms with Gasteiger partial charge in [0, 0.05) is 43.0 Å². The van der Waals surface area contributed by atoms with Crippen molar-refractivity contribution in [3.63, 3.8) is 0 Å². The number of hydrazone groups is 1. The molecule has 3 amide bonds. The molecule has 0 fully saturated rings. The van der Waals surface area contributed by atoms with E-state index in [4.69, 9.17) is 0 Å². The Hall–Kier alpha value is -4.04. The van der Waals surface area contributed by atoms with Gasteiger partial charge in [-0.15, -0.1) is 5.73 Å². The van der Waals surface area contributed by atoms with Crippen LogP contribution in [0, 0.1) is 17.0 Å². The number of carbonyl (C=O) groups excluding carboxylic acids is 3. The molecule has 0 bridgehead atoms. The van der Waals surface area contributed by atoms with Crippen molar-refractivity contribution in [1.82, 2.24) is 10.7 Å². The number of anilines is 1. The molecule has 0 atom stereocenters. The molecule has 2 rings (SSSR count). The number of benzene rings is 1. The lowest BCUT2D eigenvalue weighted by Gasteiger charge is -2.09. The van der Waals surface area contributed by atoms with E-state index in [2.05, 4.69) is 26.9 Å². The number of nitro benzene ring substituents is 1. The van der Waals surface area contributed by atoms with Crippen LogP contribution in [-0.2, 0) is 14.4 Å². The van der Waals surface area contributed by atoms with Gasteiger partial charge in [-0.05, 0) is 19.4 Å². The minimum Gasteiger partial charge on any atom is -0.326 e. The lowest BCUT2D eigenvalue weighted by molar-refractivity contribution is -0.384. The van der Waals surface area contributed by atoms with Crippen LogP contribution in [0.4, 0.5) is 11.4 Å². The second-order valence-corrected chi connectivity index (χ2v) is 6.58. The van der Waals surface area contributed by atoms with Crippen LogP contribution in [0.25, 0.3) is 0 Å². The Morgan fingerprint density at radius 3 is 2.57 bits per heavy atom. The van der Waals surface area contributed by atoms with Crippen molar-refractivity contribution in [3.05, 3.63) is 63.0 Å². The summed E-state index contributed by atoms with van der Waals surface area (Å²) in [6, 6.07) is 4.19. The van der Waals surface area contributed by atoms with Crippen molar-refractivity contribution in [2.24, 2.45) is 5.10 Å². The molecule has 10 nitrogen and oxygen atoms in total. The first kappa shape index (κ1) is 22.3. The van der Waals surface area contributed by atoms with Gasteiger partial charge in [0.25, 0.3) is 11.6 Å². The molecule has 0 saturated carbocycles. The molecular formula is C20H21N5O5. The van der Waals surface area contributed by atoms with Crippen LogP contribution >= 0.6 is 0 Å². The quantitative estimate of drug-likeness (QED) is 0.273. The summed E-state index contributed by atoms with van der Waals surface area (Å²) in [7, 11) is 0. The molecule has 3 N–H and O–H groups in total. The van der Waals surface area contributed by atoms with Crippen LogP contribution in [0.1, 0.15) is 32.3 Å². The fraction of sp³-hybridized carbons (Fsp3) is 0.250. The molecule has 0 spiro atoms. The lowest BCUT2D eigenvalue weighted by atomic mass is 10.1. The van der Waals surface area contributed by atoms with Gasteiger partial charge in [0.2, 0.25) is 11.8 Å². The monoisotopic (exact) mass is 411 g/mol. The van der Waals surface area contributed by atoms with E-state index in [0.29, 0.717) is 28.2 Å². The minimum absolute atomic E-state index is 0.107. The number of hydrogen-bond donors (Lipinski definition) is 3. The van der Waals surface area contributed by atoms with Crippen molar-refractivity contribution in [3.8, 4) is 0 Å². The van der Waals surface area contributed by atoms with Gasteiger partial charge < -0.3 is 10.6 Å². The van der Waals surface area contributed by atoms with E-state index in [1.54, 1.807) is 26.0 Å². The molecule has 1 aliphatic carbocycles. The van der Waals surface area contributed by atoms with Crippen LogP contribution in [-0.4, -0.2) is 28.4 Å². The highest BCUT2D eigenvalue weighted by Gasteiger charge is 2.13. The fourth-order valence-corrected chi connectivity index (χ4v) is 2.48. The zero-order valence-corrected chi connectivity index (χ0v) is 16.7. The number of allylic oxidation sites excluding steroid dienone is 2. The summed E-state index contributed by atoms with van der Waals surface area (Å²) in [5, 5.41) is 20.0. The molecule has 0 heterocycles. The van der Waals surface area contributed by atoms with E-state index in [9.17, 15) is 24.5 Å². The fourth-order valence-electron chi connectivity index (χ4n) is 2.48. The van der Waals surface area contributed by atoms with Gasteiger partial charge in [-0.1, -0.05) is 12.1 Å². The summed E-state index contributed by atoms with van der Waals surface area (Å²) in [4.78, 5) is 45.7. The molecule has 0 saturated heterocycles. The summed E-state index contributed by atoms with van der Waals surface area (Å²) in [6.07, 6.45) is 3.34. The Morgan fingerprint density at radius 2 is 1.97 bits per heavy atom. The normalized spacial score (nSPS) is 13.1.